The summed E-state index contributed by atoms with van der Waals surface area (Å²) in [6.45, 7) is 2.34. The zero-order valence-electron chi connectivity index (χ0n) is 15.8. The van der Waals surface area contributed by atoms with E-state index in [2.05, 4.69) is 17.2 Å². The Morgan fingerprint density at radius 2 is 2.04 bits per heavy atom. The zero-order chi connectivity index (χ0) is 20.5. The summed E-state index contributed by atoms with van der Waals surface area (Å²) in [6, 6.07) is 1.29. The van der Waals surface area contributed by atoms with E-state index in [1.54, 1.807) is 5.48 Å². The van der Waals surface area contributed by atoms with Crippen molar-refractivity contribution >= 4 is 11.9 Å². The van der Waals surface area contributed by atoms with Gasteiger partial charge in [0.25, 0.3) is 0 Å². The van der Waals surface area contributed by atoms with Crippen LogP contribution in [-0.2, 0) is 9.47 Å². The molecule has 2 heterocycles. The van der Waals surface area contributed by atoms with Crippen LogP contribution in [0.3, 0.4) is 0 Å². The molecular formula is C17H28N4O7. The Hall–Kier alpha value is -2.21. The average molecular weight is 400 g/mol. The number of ether oxygens (including phenoxy) is 2. The van der Waals surface area contributed by atoms with Crippen molar-refractivity contribution < 1.29 is 29.7 Å². The van der Waals surface area contributed by atoms with E-state index in [4.69, 9.17) is 14.7 Å². The summed E-state index contributed by atoms with van der Waals surface area (Å²) < 4.78 is 11.5. The fourth-order valence-corrected chi connectivity index (χ4v) is 2.89. The van der Waals surface area contributed by atoms with Crippen molar-refractivity contribution in [3.8, 4) is 0 Å². The number of aromatic nitrogens is 2. The molecule has 1 saturated heterocycles. The van der Waals surface area contributed by atoms with Gasteiger partial charge in [-0.25, -0.2) is 9.59 Å². The van der Waals surface area contributed by atoms with Gasteiger partial charge in [-0.3, -0.25) is 15.3 Å². The summed E-state index contributed by atoms with van der Waals surface area (Å²) in [5.74, 6) is -0.0690. The number of hydrogen-bond acceptors (Lipinski definition) is 9. The summed E-state index contributed by atoms with van der Waals surface area (Å²) in [5.41, 5.74) is 0.943. The first-order valence-electron chi connectivity index (χ1n) is 9.39. The Bertz CT molecular complexity index is 684. The van der Waals surface area contributed by atoms with Crippen LogP contribution in [0, 0.1) is 0 Å². The van der Waals surface area contributed by atoms with Gasteiger partial charge in [0.15, 0.2) is 12.0 Å². The first-order valence-corrected chi connectivity index (χ1v) is 9.39. The number of nitrogens with one attached hydrogen (secondary N) is 2. The highest BCUT2D eigenvalue weighted by atomic mass is 16.6. The number of carbonyl (C=O) groups excluding carboxylic acids is 1. The monoisotopic (exact) mass is 400 g/mol. The molecule has 0 aliphatic carbocycles. The highest BCUT2D eigenvalue weighted by Crippen LogP contribution is 2.28. The predicted molar refractivity (Wildman–Crippen MR) is 97.9 cm³/mol. The maximum Gasteiger partial charge on any atom is 0.407 e. The molecule has 11 heteroatoms. The maximum absolute atomic E-state index is 12.0. The molecule has 4 atom stereocenters. The molecule has 1 aliphatic rings. The van der Waals surface area contributed by atoms with Crippen molar-refractivity contribution in [3.05, 3.63) is 22.7 Å². The molecule has 0 bridgehead atoms. The first-order chi connectivity index (χ1) is 13.5. The van der Waals surface area contributed by atoms with Crippen molar-refractivity contribution in [1.29, 1.82) is 0 Å². The average Bonchev–Trinajstić information content (AvgIpc) is 2.97. The lowest BCUT2D eigenvalue weighted by molar-refractivity contribution is -0.0569. The number of nitrogens with zero attached hydrogens (tertiary/aromatic N) is 2. The summed E-state index contributed by atoms with van der Waals surface area (Å²) in [7, 11) is 0. The largest absolute Gasteiger partial charge is 0.447 e. The van der Waals surface area contributed by atoms with Crippen molar-refractivity contribution in [2.24, 2.45) is 0 Å². The molecule has 1 amide bonds. The molecule has 1 fully saturated rings. The smallest absolute Gasteiger partial charge is 0.407 e. The fourth-order valence-electron chi connectivity index (χ4n) is 2.89. The molecule has 28 heavy (non-hydrogen) atoms. The van der Waals surface area contributed by atoms with Gasteiger partial charge >= 0.3 is 11.8 Å². The number of aliphatic hydroxyl groups is 2. The van der Waals surface area contributed by atoms with Crippen LogP contribution in [0.5, 0.6) is 0 Å². The lowest BCUT2D eigenvalue weighted by atomic mass is 10.1. The molecule has 1 aromatic heterocycles. The molecule has 5 N–H and O–H groups in total. The zero-order valence-corrected chi connectivity index (χ0v) is 15.8. The summed E-state index contributed by atoms with van der Waals surface area (Å²) in [4.78, 5) is 27.2. The predicted octanol–water partition coefficient (Wildman–Crippen LogP) is 0.360. The van der Waals surface area contributed by atoms with E-state index < -0.39 is 36.3 Å². The molecule has 158 valence electrons. The van der Waals surface area contributed by atoms with Crippen molar-refractivity contribution in [1.82, 2.24) is 14.9 Å². The summed E-state index contributed by atoms with van der Waals surface area (Å²) in [6.07, 6.45) is 0.974. The second kappa shape index (κ2) is 11.0. The van der Waals surface area contributed by atoms with Gasteiger partial charge in [-0.1, -0.05) is 32.6 Å². The van der Waals surface area contributed by atoms with Gasteiger partial charge in [-0.2, -0.15) is 4.98 Å². The Balaban J connectivity index is 1.81. The van der Waals surface area contributed by atoms with E-state index in [0.29, 0.717) is 6.54 Å². The second-order valence-corrected chi connectivity index (χ2v) is 6.60. The molecule has 2 rings (SSSR count). The first kappa shape index (κ1) is 22.1. The van der Waals surface area contributed by atoms with Crippen LogP contribution in [0.15, 0.2) is 17.1 Å². The number of alkyl carbamates (subject to hydrolysis) is 1. The quantitative estimate of drug-likeness (QED) is 0.276. The highest BCUT2D eigenvalue weighted by molar-refractivity contribution is 5.67. The minimum absolute atomic E-state index is 0.0690. The van der Waals surface area contributed by atoms with E-state index in [1.807, 2.05) is 0 Å². The third-order valence-electron chi connectivity index (χ3n) is 4.48. The van der Waals surface area contributed by atoms with E-state index in [1.165, 1.54) is 18.7 Å². The lowest BCUT2D eigenvalue weighted by Gasteiger charge is -2.17. The molecule has 0 saturated carbocycles. The summed E-state index contributed by atoms with van der Waals surface area (Å²) >= 11 is 0. The summed E-state index contributed by atoms with van der Waals surface area (Å²) in [5, 5.41) is 31.6. The van der Waals surface area contributed by atoms with Crippen LogP contribution >= 0.6 is 0 Å². The third-order valence-corrected chi connectivity index (χ3v) is 4.48. The minimum Gasteiger partial charge on any atom is -0.447 e. The number of amides is 1. The van der Waals surface area contributed by atoms with Gasteiger partial charge in [-0.05, 0) is 12.5 Å². The standard InChI is InChI=1S/C17H28N4O7/c1-2-3-4-5-6-8-18-17(25)27-10-11-13(22)14(23)15(28-11)21-9-7-12(20-26)19-16(21)24/h7,9,11,13-15,22-23,26H,2-6,8,10H2,1H3,(H,18,25)(H,19,20,24)/t11-,13-,14-,15-/m1/s1. The molecular weight excluding hydrogens is 372 g/mol. The van der Waals surface area contributed by atoms with Gasteiger partial charge in [0, 0.05) is 12.7 Å². The SMILES string of the molecule is CCCCCCCNC(=O)OC[C@H]1O[C@@H](n2ccc(NO)nc2=O)[C@H](O)[C@@H]1O. The van der Waals surface area contributed by atoms with E-state index in [0.717, 1.165) is 30.3 Å². The van der Waals surface area contributed by atoms with Crippen LogP contribution < -0.4 is 16.5 Å². The van der Waals surface area contributed by atoms with Crippen LogP contribution in [0.2, 0.25) is 0 Å². The number of unbranched alkanes of at least 4 members (excludes halogenated alkanes) is 4. The van der Waals surface area contributed by atoms with Gasteiger partial charge < -0.3 is 25.0 Å². The van der Waals surface area contributed by atoms with Crippen molar-refractivity contribution in [2.45, 2.75) is 63.6 Å². The second-order valence-electron chi connectivity index (χ2n) is 6.60. The third kappa shape index (κ3) is 5.89. The van der Waals surface area contributed by atoms with E-state index in [9.17, 15) is 19.8 Å². The van der Waals surface area contributed by atoms with Crippen molar-refractivity contribution in [3.63, 3.8) is 0 Å². The minimum atomic E-state index is -1.41. The Morgan fingerprint density at radius 3 is 2.71 bits per heavy atom. The van der Waals surface area contributed by atoms with Gasteiger partial charge in [0.05, 0.1) is 0 Å². The number of rotatable bonds is 10. The van der Waals surface area contributed by atoms with E-state index in [-0.39, 0.29) is 12.4 Å². The molecule has 0 aromatic carbocycles. The van der Waals surface area contributed by atoms with Gasteiger partial charge in [0.1, 0.15) is 24.9 Å². The fraction of sp³-hybridized carbons (Fsp3) is 0.706. The maximum atomic E-state index is 12.0. The topological polar surface area (TPSA) is 155 Å². The Labute approximate surface area is 162 Å². The van der Waals surface area contributed by atoms with Crippen LogP contribution in [0.25, 0.3) is 0 Å². The highest BCUT2D eigenvalue weighted by Gasteiger charge is 2.44. The molecule has 0 radical (unpaired) electrons. The molecule has 0 unspecified atom stereocenters. The number of hydrogen-bond donors (Lipinski definition) is 5. The number of anilines is 1. The molecule has 1 aromatic rings. The molecule has 11 nitrogen and oxygen atoms in total. The van der Waals surface area contributed by atoms with Gasteiger partial charge in [-0.15, -0.1) is 0 Å². The van der Waals surface area contributed by atoms with Crippen LogP contribution in [0.4, 0.5) is 10.6 Å². The Kier molecular flexibility index (Phi) is 8.64. The molecule has 0 spiro atoms. The lowest BCUT2D eigenvalue weighted by Crippen LogP contribution is -2.37. The number of carbonyl (C=O) groups is 1. The Morgan fingerprint density at radius 1 is 1.29 bits per heavy atom. The van der Waals surface area contributed by atoms with Crippen molar-refractivity contribution in [2.75, 3.05) is 18.6 Å². The van der Waals surface area contributed by atoms with Crippen LogP contribution in [-0.4, -0.2) is 62.5 Å². The number of aliphatic hydroxyl groups excluding tert-OH is 2. The normalized spacial score (nSPS) is 24.1. The van der Waals surface area contributed by atoms with Gasteiger partial charge in [0.2, 0.25) is 0 Å². The van der Waals surface area contributed by atoms with E-state index >= 15 is 0 Å². The molecule has 1 aliphatic heterocycles. The van der Waals surface area contributed by atoms with Crippen LogP contribution in [0.1, 0.15) is 45.3 Å².